The molecule has 2 rings (SSSR count). The normalized spacial score (nSPS) is 11.3. The van der Waals surface area contributed by atoms with Gasteiger partial charge >= 0.3 is 0 Å². The third kappa shape index (κ3) is 3.63. The molecule has 19 heavy (non-hydrogen) atoms. The average molecular weight is 254 g/mol. The monoisotopic (exact) mass is 254 g/mol. The Morgan fingerprint density at radius 1 is 0.737 bits per heavy atom. The summed E-state index contributed by atoms with van der Waals surface area (Å²) in [5.74, 6) is 1.06. The SMILES string of the molecule is CC(C)c1ccc(Cc2ccc(C(C)C)cn2)nc1. The first-order chi connectivity index (χ1) is 9.06. The molecule has 2 heterocycles. The molecular weight excluding hydrogens is 232 g/mol. The molecule has 0 fully saturated rings. The van der Waals surface area contributed by atoms with Gasteiger partial charge in [0.15, 0.2) is 0 Å². The van der Waals surface area contributed by atoms with E-state index < -0.39 is 0 Å². The minimum atomic E-state index is 0.532. The van der Waals surface area contributed by atoms with Crippen LogP contribution in [0.3, 0.4) is 0 Å². The molecule has 0 radical (unpaired) electrons. The van der Waals surface area contributed by atoms with Gasteiger partial charge in [-0.25, -0.2) is 0 Å². The van der Waals surface area contributed by atoms with Gasteiger partial charge in [-0.3, -0.25) is 9.97 Å². The van der Waals surface area contributed by atoms with Gasteiger partial charge in [0.25, 0.3) is 0 Å². The number of nitrogens with zero attached hydrogens (tertiary/aromatic N) is 2. The highest BCUT2D eigenvalue weighted by Gasteiger charge is 2.03. The Morgan fingerprint density at radius 3 is 1.42 bits per heavy atom. The summed E-state index contributed by atoms with van der Waals surface area (Å²) >= 11 is 0. The van der Waals surface area contributed by atoms with E-state index in [-0.39, 0.29) is 0 Å². The second-order valence-electron chi connectivity index (χ2n) is 5.65. The molecule has 0 saturated heterocycles. The maximum atomic E-state index is 4.51. The summed E-state index contributed by atoms with van der Waals surface area (Å²) in [6.45, 7) is 8.73. The summed E-state index contributed by atoms with van der Waals surface area (Å²) in [5.41, 5.74) is 4.72. The molecule has 0 amide bonds. The molecule has 0 aliphatic rings. The minimum Gasteiger partial charge on any atom is -0.261 e. The summed E-state index contributed by atoms with van der Waals surface area (Å²) < 4.78 is 0. The highest BCUT2D eigenvalue weighted by atomic mass is 14.7. The standard InChI is InChI=1S/C17H22N2/c1-12(2)14-5-7-16(18-10-14)9-17-8-6-15(11-19-17)13(3)4/h5-8,10-13H,9H2,1-4H3. The van der Waals surface area contributed by atoms with Crippen LogP contribution in [-0.2, 0) is 6.42 Å². The molecule has 100 valence electrons. The van der Waals surface area contributed by atoms with Crippen molar-refractivity contribution in [3.8, 4) is 0 Å². The molecule has 0 unspecified atom stereocenters. The first-order valence-corrected chi connectivity index (χ1v) is 6.96. The van der Waals surface area contributed by atoms with Crippen LogP contribution in [0.25, 0.3) is 0 Å². The summed E-state index contributed by atoms with van der Waals surface area (Å²) in [6, 6.07) is 8.53. The van der Waals surface area contributed by atoms with Crippen LogP contribution in [-0.4, -0.2) is 9.97 Å². The molecule has 0 saturated carbocycles. The Bertz CT molecular complexity index is 460. The summed E-state index contributed by atoms with van der Waals surface area (Å²) in [7, 11) is 0. The lowest BCUT2D eigenvalue weighted by molar-refractivity contribution is 0.845. The van der Waals surface area contributed by atoms with E-state index in [9.17, 15) is 0 Å². The first kappa shape index (κ1) is 13.7. The van der Waals surface area contributed by atoms with Crippen LogP contribution < -0.4 is 0 Å². The van der Waals surface area contributed by atoms with E-state index in [4.69, 9.17) is 0 Å². The molecule has 0 bridgehead atoms. The van der Waals surface area contributed by atoms with Gasteiger partial charge in [0.2, 0.25) is 0 Å². The molecule has 0 aliphatic heterocycles. The highest BCUT2D eigenvalue weighted by molar-refractivity contribution is 5.23. The summed E-state index contributed by atoms with van der Waals surface area (Å²) in [4.78, 5) is 9.03. The zero-order valence-electron chi connectivity index (χ0n) is 12.2. The molecule has 0 aromatic carbocycles. The fourth-order valence-corrected chi connectivity index (χ4v) is 1.95. The van der Waals surface area contributed by atoms with E-state index >= 15 is 0 Å². The Kier molecular flexibility index (Phi) is 4.31. The van der Waals surface area contributed by atoms with Crippen molar-refractivity contribution in [3.63, 3.8) is 0 Å². The molecular formula is C17H22N2. The van der Waals surface area contributed by atoms with Gasteiger partial charge < -0.3 is 0 Å². The van der Waals surface area contributed by atoms with E-state index in [1.165, 1.54) is 11.1 Å². The van der Waals surface area contributed by atoms with E-state index in [1.54, 1.807) is 0 Å². The second kappa shape index (κ2) is 5.96. The number of pyridine rings is 2. The van der Waals surface area contributed by atoms with Gasteiger partial charge in [0.05, 0.1) is 0 Å². The van der Waals surface area contributed by atoms with Crippen molar-refractivity contribution < 1.29 is 0 Å². The molecule has 2 heteroatoms. The fourth-order valence-electron chi connectivity index (χ4n) is 1.95. The maximum Gasteiger partial charge on any atom is 0.0463 e. The molecule has 0 atom stereocenters. The number of aromatic nitrogens is 2. The Balaban J connectivity index is 2.08. The van der Waals surface area contributed by atoms with E-state index in [0.29, 0.717) is 11.8 Å². The highest BCUT2D eigenvalue weighted by Crippen LogP contribution is 2.16. The summed E-state index contributed by atoms with van der Waals surface area (Å²) in [5, 5.41) is 0. The van der Waals surface area contributed by atoms with E-state index in [2.05, 4.69) is 61.9 Å². The van der Waals surface area contributed by atoms with Crippen molar-refractivity contribution in [1.82, 2.24) is 9.97 Å². The van der Waals surface area contributed by atoms with Crippen molar-refractivity contribution in [2.45, 2.75) is 46.0 Å². The fraction of sp³-hybridized carbons (Fsp3) is 0.412. The predicted molar refractivity (Wildman–Crippen MR) is 79.5 cm³/mol. The third-order valence-electron chi connectivity index (χ3n) is 3.39. The largest absolute Gasteiger partial charge is 0.261 e. The van der Waals surface area contributed by atoms with Crippen LogP contribution in [0.1, 0.15) is 62.0 Å². The molecule has 0 spiro atoms. The first-order valence-electron chi connectivity index (χ1n) is 6.96. The molecule has 2 nitrogen and oxygen atoms in total. The Labute approximate surface area is 115 Å². The van der Waals surface area contributed by atoms with Gasteiger partial charge in [0, 0.05) is 30.2 Å². The number of rotatable bonds is 4. The van der Waals surface area contributed by atoms with Crippen LogP contribution in [0.2, 0.25) is 0 Å². The van der Waals surface area contributed by atoms with Crippen molar-refractivity contribution in [2.24, 2.45) is 0 Å². The Hall–Kier alpha value is -1.70. The zero-order valence-corrected chi connectivity index (χ0v) is 12.2. The van der Waals surface area contributed by atoms with Crippen molar-refractivity contribution in [2.75, 3.05) is 0 Å². The molecule has 0 aliphatic carbocycles. The maximum absolute atomic E-state index is 4.51. The minimum absolute atomic E-state index is 0.532. The van der Waals surface area contributed by atoms with Gasteiger partial charge in [-0.15, -0.1) is 0 Å². The lowest BCUT2D eigenvalue weighted by atomic mass is 10.0. The third-order valence-corrected chi connectivity index (χ3v) is 3.39. The molecule has 0 N–H and O–H groups in total. The smallest absolute Gasteiger partial charge is 0.0463 e. The number of hydrogen-bond acceptors (Lipinski definition) is 2. The zero-order chi connectivity index (χ0) is 13.8. The second-order valence-corrected chi connectivity index (χ2v) is 5.65. The quantitative estimate of drug-likeness (QED) is 0.812. The molecule has 2 aromatic heterocycles. The van der Waals surface area contributed by atoms with Crippen LogP contribution in [0.15, 0.2) is 36.7 Å². The van der Waals surface area contributed by atoms with Gasteiger partial charge in [-0.05, 0) is 35.1 Å². The van der Waals surface area contributed by atoms with Crippen LogP contribution in [0.4, 0.5) is 0 Å². The van der Waals surface area contributed by atoms with E-state index in [1.807, 2.05) is 12.4 Å². The van der Waals surface area contributed by atoms with Crippen molar-refractivity contribution >= 4 is 0 Å². The summed E-state index contributed by atoms with van der Waals surface area (Å²) in [6.07, 6.45) is 4.75. The van der Waals surface area contributed by atoms with Crippen LogP contribution in [0.5, 0.6) is 0 Å². The van der Waals surface area contributed by atoms with Crippen molar-refractivity contribution in [1.29, 1.82) is 0 Å². The predicted octanol–water partition coefficient (Wildman–Crippen LogP) is 4.31. The lowest BCUT2D eigenvalue weighted by Gasteiger charge is -2.07. The van der Waals surface area contributed by atoms with Gasteiger partial charge in [0.1, 0.15) is 0 Å². The topological polar surface area (TPSA) is 25.8 Å². The molecule has 2 aromatic rings. The van der Waals surface area contributed by atoms with Crippen LogP contribution in [0, 0.1) is 0 Å². The average Bonchev–Trinajstić information content (AvgIpc) is 2.40. The van der Waals surface area contributed by atoms with Crippen molar-refractivity contribution in [3.05, 3.63) is 59.2 Å². The van der Waals surface area contributed by atoms with Gasteiger partial charge in [-0.1, -0.05) is 39.8 Å². The van der Waals surface area contributed by atoms with E-state index in [0.717, 1.165) is 17.8 Å². The lowest BCUT2D eigenvalue weighted by Crippen LogP contribution is -1.98. The Morgan fingerprint density at radius 2 is 1.16 bits per heavy atom. The van der Waals surface area contributed by atoms with Crippen LogP contribution >= 0.6 is 0 Å². The number of hydrogen-bond donors (Lipinski definition) is 0. The van der Waals surface area contributed by atoms with Gasteiger partial charge in [-0.2, -0.15) is 0 Å².